The Labute approximate surface area is 179 Å². The summed E-state index contributed by atoms with van der Waals surface area (Å²) in [6.45, 7) is 9.42. The third-order valence-corrected chi connectivity index (χ3v) is 5.30. The zero-order valence-corrected chi connectivity index (χ0v) is 19.6. The van der Waals surface area contributed by atoms with Crippen LogP contribution in [0.25, 0.3) is 0 Å². The van der Waals surface area contributed by atoms with E-state index in [1.807, 2.05) is 6.08 Å². The molecule has 1 amide bonds. The van der Waals surface area contributed by atoms with Crippen LogP contribution in [-0.2, 0) is 30.7 Å². The van der Waals surface area contributed by atoms with Gasteiger partial charge in [-0.15, -0.1) is 0 Å². The van der Waals surface area contributed by atoms with E-state index < -0.39 is 5.91 Å². The second-order valence-corrected chi connectivity index (χ2v) is 7.12. The van der Waals surface area contributed by atoms with Crippen LogP contribution in [0.2, 0.25) is 0 Å². The number of rotatable bonds is 10. The van der Waals surface area contributed by atoms with Gasteiger partial charge in [0.2, 0.25) is 5.91 Å². The van der Waals surface area contributed by atoms with Crippen LogP contribution in [0.4, 0.5) is 0 Å². The number of nitrogens with two attached hydrogens (primary N) is 1. The van der Waals surface area contributed by atoms with Crippen LogP contribution in [0.5, 0.6) is 0 Å². The van der Waals surface area contributed by atoms with E-state index in [1.54, 1.807) is 6.08 Å². The number of allylic oxidation sites excluding steroid dienone is 3. The molecule has 2 fully saturated rings. The Balaban J connectivity index is 0.00000338. The molecule has 5 nitrogen and oxygen atoms in total. The smallest absolute Gasteiger partial charge is 0.541 e. The Morgan fingerprint density at radius 2 is 1.85 bits per heavy atom. The number of primary amides is 1. The van der Waals surface area contributed by atoms with Crippen LogP contribution in [0.15, 0.2) is 36.0 Å². The number of likely N-dealkylation sites (tertiary alicyclic amines) is 1. The minimum Gasteiger partial charge on any atom is -0.541 e. The molecule has 2 heterocycles. The van der Waals surface area contributed by atoms with Crippen LogP contribution in [-0.4, -0.2) is 60.3 Å². The van der Waals surface area contributed by atoms with Gasteiger partial charge < -0.3 is 27.8 Å². The van der Waals surface area contributed by atoms with Gasteiger partial charge >= 0.3 is 21.1 Å². The number of hydrogen-bond donors (Lipinski definition) is 1. The van der Waals surface area contributed by atoms with Crippen molar-refractivity contribution in [2.45, 2.75) is 51.1 Å². The third-order valence-electron chi connectivity index (χ3n) is 5.30. The van der Waals surface area contributed by atoms with Crippen molar-refractivity contribution >= 4 is 12.2 Å². The van der Waals surface area contributed by atoms with Gasteiger partial charge in [-0.25, -0.2) is 6.29 Å². The van der Waals surface area contributed by atoms with E-state index in [-0.39, 0.29) is 28.5 Å². The van der Waals surface area contributed by atoms with Gasteiger partial charge in [-0.2, -0.15) is 0 Å². The van der Waals surface area contributed by atoms with Gasteiger partial charge in [-0.3, -0.25) is 4.79 Å². The van der Waals surface area contributed by atoms with Crippen LogP contribution in [0.3, 0.4) is 0 Å². The van der Waals surface area contributed by atoms with Gasteiger partial charge in [0.15, 0.2) is 0 Å². The molecule has 2 saturated heterocycles. The molecule has 2 aliphatic heterocycles. The van der Waals surface area contributed by atoms with Crippen molar-refractivity contribution in [2.24, 2.45) is 5.73 Å². The average Bonchev–Trinajstić information content (AvgIpc) is 2.81. The fraction of sp³-hybridized carbons (Fsp3) is 0.571. The Bertz CT molecular complexity index is 546. The zero-order chi connectivity index (χ0) is 18.2. The predicted molar refractivity (Wildman–Crippen MR) is 107 cm³/mol. The van der Waals surface area contributed by atoms with Crippen molar-refractivity contribution < 1.29 is 30.7 Å². The van der Waals surface area contributed by atoms with E-state index in [0.717, 1.165) is 38.9 Å². The first-order valence-electron chi connectivity index (χ1n) is 9.18. The van der Waals surface area contributed by atoms with Crippen molar-refractivity contribution in [3.63, 3.8) is 0 Å². The molecule has 2 bridgehead atoms. The summed E-state index contributed by atoms with van der Waals surface area (Å²) >= 11 is 0. The fourth-order valence-corrected chi connectivity index (χ4v) is 3.90. The first-order valence-corrected chi connectivity index (χ1v) is 9.18. The molecule has 27 heavy (non-hydrogen) atoms. The van der Waals surface area contributed by atoms with Crippen molar-refractivity contribution in [1.82, 2.24) is 9.80 Å². The summed E-state index contributed by atoms with van der Waals surface area (Å²) < 4.78 is 0. The molecule has 2 unspecified atom stereocenters. The first-order chi connectivity index (χ1) is 12.0. The van der Waals surface area contributed by atoms with Gasteiger partial charge in [0.25, 0.3) is 0 Å². The summed E-state index contributed by atoms with van der Waals surface area (Å²) in [4.78, 5) is 26.7. The maximum atomic E-state index is 11.1. The number of carbonyl (C=O) groups is 1. The maximum absolute atomic E-state index is 11.1. The Morgan fingerprint density at radius 3 is 2.37 bits per heavy atom. The number of amides is 1. The third kappa shape index (κ3) is 7.85. The molecule has 150 valence electrons. The molecule has 0 saturated carbocycles. The Kier molecular flexibility index (Phi) is 12.7. The summed E-state index contributed by atoms with van der Waals surface area (Å²) in [7, 11) is 0. The summed E-state index contributed by atoms with van der Waals surface area (Å²) in [5, 5.41) is 0. The van der Waals surface area contributed by atoms with Crippen molar-refractivity contribution in [2.75, 3.05) is 26.2 Å². The molecular formula is C21H33N3O2W. The minimum absolute atomic E-state index is 0. The predicted octanol–water partition coefficient (Wildman–Crippen LogP) is 2.41. The van der Waals surface area contributed by atoms with E-state index >= 15 is 0 Å². The summed E-state index contributed by atoms with van der Waals surface area (Å²) in [6.07, 6.45) is 13.0. The Morgan fingerprint density at radius 1 is 1.22 bits per heavy atom. The molecular weight excluding hydrogens is 510 g/mol. The van der Waals surface area contributed by atoms with E-state index in [0.29, 0.717) is 24.2 Å². The van der Waals surface area contributed by atoms with E-state index in [4.69, 9.17) is 5.73 Å². The second kappa shape index (κ2) is 13.2. The first kappa shape index (κ1) is 26.0. The number of nitrogens with zero attached hydrogens (tertiary/aromatic N) is 2. The SMILES string of the molecule is C=C/C(=C\C=C(/C)CCCCN1CC2CCC(C1)N2C[C-]=O)C(N)=O.[CH3-].[W+2]. The van der Waals surface area contributed by atoms with Crippen molar-refractivity contribution in [3.05, 3.63) is 43.4 Å². The van der Waals surface area contributed by atoms with E-state index in [1.165, 1.54) is 24.5 Å². The van der Waals surface area contributed by atoms with Crippen LogP contribution in [0.1, 0.15) is 39.0 Å². The molecule has 2 rings (SSSR count). The molecule has 0 aromatic rings. The molecule has 2 aliphatic rings. The second-order valence-electron chi connectivity index (χ2n) is 7.12. The summed E-state index contributed by atoms with van der Waals surface area (Å²) in [6, 6.07) is 1.08. The van der Waals surface area contributed by atoms with Crippen molar-refractivity contribution in [3.8, 4) is 0 Å². The number of piperazine rings is 1. The minimum atomic E-state index is -0.444. The molecule has 0 aromatic carbocycles. The molecule has 0 aliphatic carbocycles. The fourth-order valence-electron chi connectivity index (χ4n) is 3.90. The summed E-state index contributed by atoms with van der Waals surface area (Å²) in [5.74, 6) is -0.444. The molecule has 2 N–H and O–H groups in total. The van der Waals surface area contributed by atoms with Crippen LogP contribution < -0.4 is 5.73 Å². The number of fused-ring (bicyclic) bond motifs is 2. The average molecular weight is 543 g/mol. The quantitative estimate of drug-likeness (QED) is 0.199. The molecule has 0 spiro atoms. The van der Waals surface area contributed by atoms with Crippen molar-refractivity contribution in [1.29, 1.82) is 0 Å². The topological polar surface area (TPSA) is 66.6 Å². The van der Waals surface area contributed by atoms with Gasteiger partial charge in [0.05, 0.1) is 0 Å². The normalized spacial score (nSPS) is 23.3. The van der Waals surface area contributed by atoms with Crippen LogP contribution in [0, 0.1) is 7.43 Å². The zero-order valence-electron chi connectivity index (χ0n) is 16.7. The van der Waals surface area contributed by atoms with Crippen LogP contribution >= 0.6 is 0 Å². The standard InChI is InChI=1S/C20H30N3O2.CH3.W/c1-3-17(20(21)25)8-7-16(2)6-4-5-11-22-14-18-9-10-19(15-22)23(18)12-13-24;;/h3,7-8,18-19H,1,4-6,9-12,14-15H2,2H3,(H2,21,25);1H3;/q2*-1;+2/b16-7+,17-8+;;. The molecule has 0 aromatic heterocycles. The van der Waals surface area contributed by atoms with E-state index in [9.17, 15) is 9.59 Å². The number of carbonyl (C=O) groups excluding carboxylic acids is 2. The molecule has 0 radical (unpaired) electrons. The van der Waals surface area contributed by atoms with Gasteiger partial charge in [0.1, 0.15) is 0 Å². The number of unbranched alkanes of at least 4 members (excludes halogenated alkanes) is 1. The van der Waals surface area contributed by atoms with E-state index in [2.05, 4.69) is 29.6 Å². The monoisotopic (exact) mass is 543 g/mol. The molecule has 6 heteroatoms. The Hall–Kier alpha value is -1.03. The van der Waals surface area contributed by atoms with Gasteiger partial charge in [-0.1, -0.05) is 30.8 Å². The van der Waals surface area contributed by atoms with Gasteiger partial charge in [-0.05, 0) is 51.6 Å². The largest absolute Gasteiger partial charge is 2.00 e. The number of hydrogen-bond acceptors (Lipinski definition) is 4. The molecule has 2 atom stereocenters. The van der Waals surface area contributed by atoms with Gasteiger partial charge in [0, 0.05) is 30.7 Å². The maximum Gasteiger partial charge on any atom is 2.00 e. The summed E-state index contributed by atoms with van der Waals surface area (Å²) in [5.41, 5.74) is 6.94.